The van der Waals surface area contributed by atoms with Gasteiger partial charge in [-0.2, -0.15) is 0 Å². The lowest BCUT2D eigenvalue weighted by molar-refractivity contribution is -0.138. The van der Waals surface area contributed by atoms with Gasteiger partial charge in [0.2, 0.25) is 0 Å². The molecule has 0 unspecified atom stereocenters. The third-order valence-electron chi connectivity index (χ3n) is 4.32. The molecule has 1 N–H and O–H groups in total. The molecule has 1 aliphatic rings. The van der Waals surface area contributed by atoms with Crippen LogP contribution in [-0.4, -0.2) is 42.9 Å². The molecule has 0 fully saturated rings. The fourth-order valence-corrected chi connectivity index (χ4v) is 3.81. The van der Waals surface area contributed by atoms with Crippen molar-refractivity contribution in [3.63, 3.8) is 0 Å². The van der Waals surface area contributed by atoms with Crippen LogP contribution in [0.4, 0.5) is 0 Å². The van der Waals surface area contributed by atoms with Crippen LogP contribution < -0.4 is 9.47 Å². The SMILES string of the molecule is CCOC(=O)C1=C(O)/C(=C/c2ccc(OC)cc2OC)SC1=NC(=O)c1ccccc1. The second kappa shape index (κ2) is 9.99. The Kier molecular flexibility index (Phi) is 7.15. The molecule has 7 nitrogen and oxygen atoms in total. The lowest BCUT2D eigenvalue weighted by Gasteiger charge is -2.08. The van der Waals surface area contributed by atoms with Crippen molar-refractivity contribution in [3.8, 4) is 11.5 Å². The zero-order valence-corrected chi connectivity index (χ0v) is 18.1. The quantitative estimate of drug-likeness (QED) is 0.667. The first-order valence-electron chi connectivity index (χ1n) is 9.39. The highest BCUT2D eigenvalue weighted by Gasteiger charge is 2.34. The standard InChI is InChI=1S/C23H21NO6S/c1-4-30-23(27)19-20(25)18(12-15-10-11-16(28-2)13-17(15)29-3)31-22(19)24-21(26)14-8-6-5-7-9-14/h5-13,25H,4H2,1-3H3/b18-12-,24-22?. The van der Waals surface area contributed by atoms with Crippen LogP contribution in [0.5, 0.6) is 11.5 Å². The Balaban J connectivity index is 2.04. The highest BCUT2D eigenvalue weighted by molar-refractivity contribution is 8.18. The molecule has 0 aromatic heterocycles. The molecule has 1 heterocycles. The van der Waals surface area contributed by atoms with Crippen molar-refractivity contribution in [3.05, 3.63) is 75.9 Å². The van der Waals surface area contributed by atoms with Crippen LogP contribution in [0.1, 0.15) is 22.8 Å². The van der Waals surface area contributed by atoms with Gasteiger partial charge >= 0.3 is 5.97 Å². The van der Waals surface area contributed by atoms with Crippen molar-refractivity contribution in [2.75, 3.05) is 20.8 Å². The number of thioether (sulfide) groups is 1. The Hall–Kier alpha value is -3.52. The number of ether oxygens (including phenoxy) is 3. The summed E-state index contributed by atoms with van der Waals surface area (Å²) >= 11 is 1.01. The van der Waals surface area contributed by atoms with Crippen molar-refractivity contribution < 1.29 is 28.9 Å². The Morgan fingerprint density at radius 2 is 1.84 bits per heavy atom. The van der Waals surface area contributed by atoms with Crippen LogP contribution in [0.25, 0.3) is 6.08 Å². The predicted molar refractivity (Wildman–Crippen MR) is 120 cm³/mol. The molecule has 0 atom stereocenters. The molecule has 31 heavy (non-hydrogen) atoms. The number of amides is 1. The summed E-state index contributed by atoms with van der Waals surface area (Å²) in [5, 5.41) is 10.8. The van der Waals surface area contributed by atoms with E-state index in [1.165, 1.54) is 7.11 Å². The van der Waals surface area contributed by atoms with Gasteiger partial charge in [-0.3, -0.25) is 4.79 Å². The van der Waals surface area contributed by atoms with Crippen LogP contribution in [0.3, 0.4) is 0 Å². The van der Waals surface area contributed by atoms with E-state index in [1.54, 1.807) is 68.6 Å². The van der Waals surface area contributed by atoms with Crippen molar-refractivity contribution in [2.45, 2.75) is 6.92 Å². The summed E-state index contributed by atoms with van der Waals surface area (Å²) in [6.45, 7) is 1.77. The maximum atomic E-state index is 12.6. The van der Waals surface area contributed by atoms with E-state index >= 15 is 0 Å². The second-order valence-corrected chi connectivity index (χ2v) is 7.28. The summed E-state index contributed by atoms with van der Waals surface area (Å²) in [6, 6.07) is 13.7. The Bertz CT molecular complexity index is 1090. The van der Waals surface area contributed by atoms with E-state index in [4.69, 9.17) is 14.2 Å². The summed E-state index contributed by atoms with van der Waals surface area (Å²) < 4.78 is 15.6. The molecule has 0 spiro atoms. The monoisotopic (exact) mass is 439 g/mol. The molecule has 1 aliphatic heterocycles. The third kappa shape index (κ3) is 4.97. The van der Waals surface area contributed by atoms with Gasteiger partial charge in [-0.1, -0.05) is 30.0 Å². The number of benzene rings is 2. The number of aliphatic imine (C=N–C) groups is 1. The summed E-state index contributed by atoms with van der Waals surface area (Å²) in [6.07, 6.45) is 1.65. The van der Waals surface area contributed by atoms with Gasteiger partial charge in [0.25, 0.3) is 5.91 Å². The fourth-order valence-electron chi connectivity index (χ4n) is 2.81. The van der Waals surface area contributed by atoms with Crippen LogP contribution in [0.2, 0.25) is 0 Å². The fraction of sp³-hybridized carbons (Fsp3) is 0.174. The number of aliphatic hydroxyl groups excluding tert-OH is 1. The van der Waals surface area contributed by atoms with Gasteiger partial charge in [0.15, 0.2) is 0 Å². The second-order valence-electron chi connectivity index (χ2n) is 6.25. The Morgan fingerprint density at radius 1 is 1.10 bits per heavy atom. The lowest BCUT2D eigenvalue weighted by Crippen LogP contribution is -2.14. The van der Waals surface area contributed by atoms with E-state index in [1.807, 2.05) is 0 Å². The summed E-state index contributed by atoms with van der Waals surface area (Å²) in [4.78, 5) is 29.4. The highest BCUT2D eigenvalue weighted by atomic mass is 32.2. The van der Waals surface area contributed by atoms with E-state index in [0.29, 0.717) is 27.5 Å². The van der Waals surface area contributed by atoms with Crippen molar-refractivity contribution in [1.82, 2.24) is 0 Å². The number of rotatable bonds is 6. The van der Waals surface area contributed by atoms with E-state index in [0.717, 1.165) is 11.8 Å². The molecule has 2 aromatic carbocycles. The third-order valence-corrected chi connectivity index (χ3v) is 5.34. The number of nitrogens with zero attached hydrogens (tertiary/aromatic N) is 1. The van der Waals surface area contributed by atoms with E-state index in [2.05, 4.69) is 4.99 Å². The summed E-state index contributed by atoms with van der Waals surface area (Å²) in [5.41, 5.74) is 0.874. The van der Waals surface area contributed by atoms with Gasteiger partial charge in [0.1, 0.15) is 27.9 Å². The molecule has 0 saturated heterocycles. The minimum absolute atomic E-state index is 0.0727. The van der Waals surface area contributed by atoms with Crippen LogP contribution in [-0.2, 0) is 9.53 Å². The average Bonchev–Trinajstić information content (AvgIpc) is 3.09. The number of hydrogen-bond acceptors (Lipinski definition) is 7. The van der Waals surface area contributed by atoms with Crippen LogP contribution >= 0.6 is 11.8 Å². The van der Waals surface area contributed by atoms with Gasteiger partial charge in [-0.05, 0) is 37.3 Å². The summed E-state index contributed by atoms with van der Waals surface area (Å²) in [7, 11) is 3.07. The van der Waals surface area contributed by atoms with Gasteiger partial charge in [0.05, 0.1) is 25.7 Å². The van der Waals surface area contributed by atoms with E-state index in [-0.39, 0.29) is 23.0 Å². The molecule has 3 rings (SSSR count). The summed E-state index contributed by atoms with van der Waals surface area (Å²) in [5.74, 6) is -0.455. The number of carbonyl (C=O) groups excluding carboxylic acids is 2. The molecule has 0 aliphatic carbocycles. The van der Waals surface area contributed by atoms with Crippen LogP contribution in [0, 0.1) is 0 Å². The average molecular weight is 439 g/mol. The molecule has 1 amide bonds. The maximum absolute atomic E-state index is 12.6. The first-order valence-corrected chi connectivity index (χ1v) is 10.2. The molecular formula is C23H21NO6S. The Morgan fingerprint density at radius 3 is 2.48 bits per heavy atom. The first-order chi connectivity index (χ1) is 15.0. The molecule has 0 bridgehead atoms. The molecule has 2 aromatic rings. The molecular weight excluding hydrogens is 418 g/mol. The zero-order chi connectivity index (χ0) is 22.4. The van der Waals surface area contributed by atoms with Crippen molar-refractivity contribution in [2.24, 2.45) is 4.99 Å². The molecule has 160 valence electrons. The van der Waals surface area contributed by atoms with Gasteiger partial charge in [-0.15, -0.1) is 0 Å². The van der Waals surface area contributed by atoms with E-state index in [9.17, 15) is 14.7 Å². The minimum Gasteiger partial charge on any atom is -0.506 e. The molecule has 0 saturated carbocycles. The number of hydrogen-bond donors (Lipinski definition) is 1. The number of esters is 1. The number of carbonyl (C=O) groups is 2. The smallest absolute Gasteiger partial charge is 0.344 e. The van der Waals surface area contributed by atoms with Gasteiger partial charge < -0.3 is 19.3 Å². The molecule has 8 heteroatoms. The number of aliphatic hydroxyl groups is 1. The largest absolute Gasteiger partial charge is 0.506 e. The van der Waals surface area contributed by atoms with Gasteiger partial charge in [0, 0.05) is 17.2 Å². The minimum atomic E-state index is -0.753. The lowest BCUT2D eigenvalue weighted by atomic mass is 10.1. The highest BCUT2D eigenvalue weighted by Crippen LogP contribution is 2.40. The van der Waals surface area contributed by atoms with Gasteiger partial charge in [-0.25, -0.2) is 9.79 Å². The zero-order valence-electron chi connectivity index (χ0n) is 17.2. The van der Waals surface area contributed by atoms with E-state index < -0.39 is 11.9 Å². The maximum Gasteiger partial charge on any atom is 0.344 e. The van der Waals surface area contributed by atoms with Crippen molar-refractivity contribution in [1.29, 1.82) is 0 Å². The topological polar surface area (TPSA) is 94.4 Å². The number of methoxy groups -OCH3 is 2. The first kappa shape index (κ1) is 22.2. The normalized spacial score (nSPS) is 16.0. The van der Waals surface area contributed by atoms with Crippen LogP contribution in [0.15, 0.2) is 69.8 Å². The Labute approximate surface area is 184 Å². The predicted octanol–water partition coefficient (Wildman–Crippen LogP) is 4.41. The van der Waals surface area contributed by atoms with Crippen molar-refractivity contribution >= 4 is 34.8 Å². The molecule has 0 radical (unpaired) electrons.